The van der Waals surface area contributed by atoms with Crippen LogP contribution in [0.15, 0.2) is 72.8 Å². The van der Waals surface area contributed by atoms with E-state index in [9.17, 15) is 9.18 Å². The summed E-state index contributed by atoms with van der Waals surface area (Å²) in [6, 6.07) is 18.8. The molecule has 0 heterocycles. The van der Waals surface area contributed by atoms with Crippen molar-refractivity contribution in [2.24, 2.45) is 0 Å². The molecule has 3 nitrogen and oxygen atoms in total. The van der Waals surface area contributed by atoms with Crippen molar-refractivity contribution in [3.63, 3.8) is 0 Å². The number of halogens is 1. The van der Waals surface area contributed by atoms with Crippen molar-refractivity contribution in [3.05, 3.63) is 95.3 Å². The molecule has 0 unspecified atom stereocenters. The van der Waals surface area contributed by atoms with E-state index in [0.717, 1.165) is 34.4 Å². The summed E-state index contributed by atoms with van der Waals surface area (Å²) in [5.74, 6) is 1.32. The number of methoxy groups -OCH3 is 1. The highest BCUT2D eigenvalue weighted by Gasteiger charge is 2.21. The summed E-state index contributed by atoms with van der Waals surface area (Å²) in [4.78, 5) is 11.7. The fraction of sp³-hybridized carbons (Fsp3) is 0.344. The molecule has 0 aliphatic heterocycles. The Kier molecular flexibility index (Phi) is 9.08. The van der Waals surface area contributed by atoms with Crippen LogP contribution >= 0.6 is 0 Å². The third kappa shape index (κ3) is 7.07. The van der Waals surface area contributed by atoms with Crippen LogP contribution in [0.3, 0.4) is 0 Å². The van der Waals surface area contributed by atoms with E-state index in [1.165, 1.54) is 6.07 Å². The van der Waals surface area contributed by atoms with Gasteiger partial charge in [-0.05, 0) is 77.4 Å². The molecule has 0 N–H and O–H groups in total. The maximum absolute atomic E-state index is 14.9. The Labute approximate surface area is 215 Å². The Balaban J connectivity index is 1.84. The van der Waals surface area contributed by atoms with Crippen LogP contribution in [0.1, 0.15) is 70.1 Å². The van der Waals surface area contributed by atoms with E-state index in [1.54, 1.807) is 26.2 Å². The highest BCUT2D eigenvalue weighted by molar-refractivity contribution is 5.76. The molecule has 0 aromatic heterocycles. The Bertz CT molecular complexity index is 1200. The predicted molar refractivity (Wildman–Crippen MR) is 145 cm³/mol. The van der Waals surface area contributed by atoms with Gasteiger partial charge in [-0.15, -0.1) is 0 Å². The zero-order chi connectivity index (χ0) is 26.3. The Morgan fingerprint density at radius 3 is 2.28 bits per heavy atom. The highest BCUT2D eigenvalue weighted by Crippen LogP contribution is 2.37. The van der Waals surface area contributed by atoms with E-state index in [0.29, 0.717) is 24.3 Å². The normalized spacial score (nSPS) is 12.5. The minimum absolute atomic E-state index is 0.0711. The molecule has 0 spiro atoms. The smallest absolute Gasteiger partial charge is 0.131 e. The molecule has 0 saturated carbocycles. The number of carbonyl (C=O) groups is 1. The first-order chi connectivity index (χ1) is 17.1. The van der Waals surface area contributed by atoms with Gasteiger partial charge in [-0.1, -0.05) is 64.1 Å². The quantitative estimate of drug-likeness (QED) is 0.269. The Morgan fingerprint density at radius 2 is 1.67 bits per heavy atom. The van der Waals surface area contributed by atoms with E-state index < -0.39 is 0 Å². The molecule has 0 bridgehead atoms. The first-order valence-electron chi connectivity index (χ1n) is 12.5. The van der Waals surface area contributed by atoms with Crippen LogP contribution in [0.5, 0.6) is 11.5 Å². The van der Waals surface area contributed by atoms with Gasteiger partial charge in [-0.2, -0.15) is 0 Å². The average Bonchev–Trinajstić information content (AvgIpc) is 2.85. The number of hydrogen-bond acceptors (Lipinski definition) is 3. The van der Waals surface area contributed by atoms with Crippen LogP contribution in [0.2, 0.25) is 0 Å². The number of carbonyl (C=O) groups excluding carboxylic acids is 1. The fourth-order valence-corrected chi connectivity index (χ4v) is 4.28. The molecule has 3 aromatic carbocycles. The van der Waals surface area contributed by atoms with Crippen molar-refractivity contribution in [2.45, 2.75) is 65.4 Å². The Hall–Kier alpha value is -3.40. The maximum atomic E-state index is 14.9. The zero-order valence-corrected chi connectivity index (χ0v) is 22.2. The number of allylic oxidation sites excluding steroid dienone is 2. The third-order valence-corrected chi connectivity index (χ3v) is 6.18. The van der Waals surface area contributed by atoms with Crippen LogP contribution in [-0.2, 0) is 16.8 Å². The summed E-state index contributed by atoms with van der Waals surface area (Å²) >= 11 is 0. The summed E-state index contributed by atoms with van der Waals surface area (Å²) in [6.45, 7) is 10.4. The third-order valence-electron chi connectivity index (χ3n) is 6.18. The van der Waals surface area contributed by atoms with Crippen LogP contribution in [0, 0.1) is 5.82 Å². The van der Waals surface area contributed by atoms with E-state index in [1.807, 2.05) is 36.4 Å². The number of hydrogen-bond donors (Lipinski definition) is 0. The van der Waals surface area contributed by atoms with E-state index in [4.69, 9.17) is 9.47 Å². The second-order valence-electron chi connectivity index (χ2n) is 10.2. The second kappa shape index (κ2) is 12.0. The largest absolute Gasteiger partial charge is 0.497 e. The second-order valence-corrected chi connectivity index (χ2v) is 10.2. The maximum Gasteiger partial charge on any atom is 0.131 e. The minimum atomic E-state index is -0.285. The van der Waals surface area contributed by atoms with Crippen molar-refractivity contribution in [1.82, 2.24) is 0 Å². The van der Waals surface area contributed by atoms with Gasteiger partial charge < -0.3 is 9.47 Å². The van der Waals surface area contributed by atoms with Crippen molar-refractivity contribution < 1.29 is 18.7 Å². The number of Topliss-reactive ketones (excluding diaryl/α,β-unsaturated/α-hetero) is 1. The summed E-state index contributed by atoms with van der Waals surface area (Å²) in [5.41, 5.74) is 4.28. The molecule has 3 rings (SSSR count). The van der Waals surface area contributed by atoms with Gasteiger partial charge in [0, 0.05) is 17.9 Å². The fourth-order valence-electron chi connectivity index (χ4n) is 4.28. The monoisotopic (exact) mass is 488 g/mol. The molecule has 0 radical (unpaired) electrons. The van der Waals surface area contributed by atoms with E-state index >= 15 is 0 Å². The van der Waals surface area contributed by atoms with Crippen LogP contribution in [-0.4, -0.2) is 12.9 Å². The SMILES string of the molecule is CC/C=C\[C@H](CC(C)=O)c1ccc(OCc2ccc(C(C)(C)C)c(-c3cc(OC)ccc3F)c2)cc1. The van der Waals surface area contributed by atoms with Crippen molar-refractivity contribution in [3.8, 4) is 22.6 Å². The average molecular weight is 489 g/mol. The van der Waals surface area contributed by atoms with Gasteiger partial charge in [0.2, 0.25) is 0 Å². The van der Waals surface area contributed by atoms with Crippen molar-refractivity contribution in [1.29, 1.82) is 0 Å². The molecule has 190 valence electrons. The van der Waals surface area contributed by atoms with Gasteiger partial charge in [0.1, 0.15) is 29.7 Å². The summed E-state index contributed by atoms with van der Waals surface area (Å²) < 4.78 is 26.3. The molecular weight excluding hydrogens is 451 g/mol. The highest BCUT2D eigenvalue weighted by atomic mass is 19.1. The number of rotatable bonds is 10. The molecule has 0 amide bonds. The molecule has 4 heteroatoms. The lowest BCUT2D eigenvalue weighted by Gasteiger charge is -2.24. The Morgan fingerprint density at radius 1 is 0.972 bits per heavy atom. The molecule has 36 heavy (non-hydrogen) atoms. The molecule has 0 aliphatic rings. The summed E-state index contributed by atoms with van der Waals surface area (Å²) in [5, 5.41) is 0. The van der Waals surface area contributed by atoms with Crippen LogP contribution in [0.4, 0.5) is 4.39 Å². The van der Waals surface area contributed by atoms with Crippen molar-refractivity contribution in [2.75, 3.05) is 7.11 Å². The number of ether oxygens (including phenoxy) is 2. The first-order valence-corrected chi connectivity index (χ1v) is 12.5. The van der Waals surface area contributed by atoms with Gasteiger partial charge in [0.15, 0.2) is 0 Å². The molecule has 0 fully saturated rings. The molecule has 3 aromatic rings. The predicted octanol–water partition coefficient (Wildman–Crippen LogP) is 8.41. The number of ketones is 1. The number of benzene rings is 3. The molecule has 1 atom stereocenters. The molecule has 0 saturated heterocycles. The lowest BCUT2D eigenvalue weighted by Crippen LogP contribution is -2.13. The topological polar surface area (TPSA) is 35.5 Å². The van der Waals surface area contributed by atoms with Gasteiger partial charge in [0.25, 0.3) is 0 Å². The van der Waals surface area contributed by atoms with Crippen LogP contribution < -0.4 is 9.47 Å². The summed E-state index contributed by atoms with van der Waals surface area (Å²) in [7, 11) is 1.58. The lowest BCUT2D eigenvalue weighted by molar-refractivity contribution is -0.117. The van der Waals surface area contributed by atoms with E-state index in [2.05, 4.69) is 45.9 Å². The minimum Gasteiger partial charge on any atom is -0.497 e. The van der Waals surface area contributed by atoms with Gasteiger partial charge in [-0.25, -0.2) is 4.39 Å². The van der Waals surface area contributed by atoms with Crippen molar-refractivity contribution >= 4 is 5.78 Å². The van der Waals surface area contributed by atoms with Crippen LogP contribution in [0.25, 0.3) is 11.1 Å². The zero-order valence-electron chi connectivity index (χ0n) is 22.2. The molecule has 0 aliphatic carbocycles. The van der Waals surface area contributed by atoms with Gasteiger partial charge in [0.05, 0.1) is 7.11 Å². The first kappa shape index (κ1) is 27.2. The van der Waals surface area contributed by atoms with Gasteiger partial charge >= 0.3 is 0 Å². The van der Waals surface area contributed by atoms with Gasteiger partial charge in [-0.3, -0.25) is 4.79 Å². The molecular formula is C32H37FO3. The lowest BCUT2D eigenvalue weighted by atomic mass is 9.81. The standard InChI is InChI=1S/C32H37FO3/c1-7-8-9-25(18-22(2)34)24-11-13-26(14-12-24)36-21-23-10-16-30(32(3,4)5)28(19-23)29-20-27(35-6)15-17-31(29)33/h8-17,19-20,25H,7,18,21H2,1-6H3/b9-8-/t25-/m1/s1. The van der Waals surface area contributed by atoms with E-state index in [-0.39, 0.29) is 22.9 Å². The summed E-state index contributed by atoms with van der Waals surface area (Å²) in [6.07, 6.45) is 5.63.